The number of hydrogen-bond donors (Lipinski definition) is 2. The van der Waals surface area contributed by atoms with Crippen LogP contribution in [0.1, 0.15) is 42.7 Å². The predicted molar refractivity (Wildman–Crippen MR) is 140 cm³/mol. The van der Waals surface area contributed by atoms with Crippen molar-refractivity contribution in [1.29, 1.82) is 0 Å². The molecule has 0 bridgehead atoms. The summed E-state index contributed by atoms with van der Waals surface area (Å²) >= 11 is 6.28. The van der Waals surface area contributed by atoms with Crippen LogP contribution in [0.2, 0.25) is 5.02 Å². The molecular weight excluding hydrogens is 517 g/mol. The Hall–Kier alpha value is -3.23. The van der Waals surface area contributed by atoms with Gasteiger partial charge >= 0.3 is 6.18 Å². The number of aliphatic hydroxyl groups is 1. The van der Waals surface area contributed by atoms with E-state index in [1.807, 2.05) is 30.3 Å². The van der Waals surface area contributed by atoms with Crippen molar-refractivity contribution in [3.05, 3.63) is 88.2 Å². The van der Waals surface area contributed by atoms with Crippen molar-refractivity contribution in [3.8, 4) is 11.6 Å². The molecule has 4 aromatic rings. The van der Waals surface area contributed by atoms with Crippen LogP contribution in [0.5, 0.6) is 11.6 Å². The minimum absolute atomic E-state index is 0.241. The number of nitrogens with one attached hydrogen (secondary N) is 1. The SMILES string of the molecule is CC(C)(CC(O)(Cc1cc2cc(OCc3ccccc3)ncc2[nH]1)C(F)(F)F)c1cc(Cl)cc2c1OCC2. The molecule has 0 saturated heterocycles. The highest BCUT2D eigenvalue weighted by Gasteiger charge is 2.56. The molecule has 0 radical (unpaired) electrons. The third kappa shape index (κ3) is 5.33. The number of rotatable bonds is 8. The Labute approximate surface area is 223 Å². The lowest BCUT2D eigenvalue weighted by molar-refractivity contribution is -0.266. The van der Waals surface area contributed by atoms with E-state index in [9.17, 15) is 18.3 Å². The number of hydrogen-bond acceptors (Lipinski definition) is 4. The van der Waals surface area contributed by atoms with E-state index in [0.29, 0.717) is 52.8 Å². The molecule has 0 aliphatic carbocycles. The lowest BCUT2D eigenvalue weighted by Gasteiger charge is -2.38. The Balaban J connectivity index is 1.39. The largest absolute Gasteiger partial charge is 0.493 e. The first-order valence-corrected chi connectivity index (χ1v) is 12.7. The number of nitrogens with zero attached hydrogens (tertiary/aromatic N) is 1. The monoisotopic (exact) mass is 544 g/mol. The predicted octanol–water partition coefficient (Wildman–Crippen LogP) is 6.93. The van der Waals surface area contributed by atoms with Crippen molar-refractivity contribution in [2.24, 2.45) is 0 Å². The Kier molecular flexibility index (Phi) is 6.82. The summed E-state index contributed by atoms with van der Waals surface area (Å²) in [5, 5.41) is 12.2. The van der Waals surface area contributed by atoms with Crippen LogP contribution in [0.25, 0.3) is 10.9 Å². The van der Waals surface area contributed by atoms with Gasteiger partial charge in [0.2, 0.25) is 5.88 Å². The Morgan fingerprint density at radius 3 is 2.61 bits per heavy atom. The zero-order valence-electron chi connectivity index (χ0n) is 21.0. The summed E-state index contributed by atoms with van der Waals surface area (Å²) in [5.74, 6) is 0.914. The molecule has 0 fully saturated rings. The molecule has 5 rings (SSSR count). The van der Waals surface area contributed by atoms with Gasteiger partial charge in [0.1, 0.15) is 12.4 Å². The van der Waals surface area contributed by atoms with Crippen LogP contribution in [0.3, 0.4) is 0 Å². The van der Waals surface area contributed by atoms with Gasteiger partial charge in [-0.3, -0.25) is 0 Å². The number of halogens is 4. The number of fused-ring (bicyclic) bond motifs is 2. The third-order valence-corrected chi connectivity index (χ3v) is 7.21. The highest BCUT2D eigenvalue weighted by atomic mass is 35.5. The summed E-state index contributed by atoms with van der Waals surface area (Å²) in [6.07, 6.45) is -3.96. The molecule has 9 heteroatoms. The Morgan fingerprint density at radius 1 is 1.11 bits per heavy atom. The number of aromatic nitrogens is 2. The standard InChI is InChI=1S/C29H28ClF3N2O3/c1-27(2,23-13-21(30)10-19-8-9-37-26(19)23)17-28(36,29(31,32)33)14-22-11-20-12-25(34-15-24(20)35-22)38-16-18-6-4-3-5-7-18/h3-7,10-13,15,35-36H,8-9,14,16-17H2,1-2H3. The molecule has 1 aliphatic heterocycles. The minimum atomic E-state index is -4.88. The lowest BCUT2D eigenvalue weighted by atomic mass is 9.73. The van der Waals surface area contributed by atoms with Crippen LogP contribution >= 0.6 is 11.6 Å². The number of ether oxygens (including phenoxy) is 2. The average Bonchev–Trinajstić information content (AvgIpc) is 3.47. The van der Waals surface area contributed by atoms with E-state index < -0.39 is 30.0 Å². The molecule has 38 heavy (non-hydrogen) atoms. The first-order chi connectivity index (χ1) is 17.9. The fraction of sp³-hybridized carbons (Fsp3) is 0.345. The van der Waals surface area contributed by atoms with Crippen molar-refractivity contribution < 1.29 is 27.8 Å². The molecule has 0 spiro atoms. The van der Waals surface area contributed by atoms with Crippen molar-refractivity contribution in [2.45, 2.75) is 56.9 Å². The molecule has 5 nitrogen and oxygen atoms in total. The minimum Gasteiger partial charge on any atom is -0.493 e. The van der Waals surface area contributed by atoms with E-state index >= 15 is 0 Å². The second-order valence-corrected chi connectivity index (χ2v) is 10.9. The van der Waals surface area contributed by atoms with E-state index in [-0.39, 0.29) is 5.69 Å². The smallest absolute Gasteiger partial charge is 0.417 e. The van der Waals surface area contributed by atoms with Crippen molar-refractivity contribution in [3.63, 3.8) is 0 Å². The van der Waals surface area contributed by atoms with Crippen LogP contribution in [0.15, 0.2) is 60.8 Å². The Morgan fingerprint density at radius 2 is 1.87 bits per heavy atom. The van der Waals surface area contributed by atoms with Gasteiger partial charge in [0.15, 0.2) is 5.60 Å². The molecule has 2 aromatic carbocycles. The van der Waals surface area contributed by atoms with Crippen molar-refractivity contribution in [1.82, 2.24) is 9.97 Å². The molecular formula is C29H28ClF3N2O3. The summed E-state index contributed by atoms with van der Waals surface area (Å²) in [6, 6.07) is 16.2. The lowest BCUT2D eigenvalue weighted by Crippen LogP contribution is -2.51. The molecule has 1 aliphatic rings. The van der Waals surface area contributed by atoms with Gasteiger partial charge in [0.05, 0.1) is 18.3 Å². The fourth-order valence-electron chi connectivity index (χ4n) is 5.15. The molecule has 1 atom stereocenters. The summed E-state index contributed by atoms with van der Waals surface area (Å²) in [7, 11) is 0. The van der Waals surface area contributed by atoms with E-state index in [0.717, 1.165) is 11.1 Å². The van der Waals surface area contributed by atoms with E-state index in [4.69, 9.17) is 21.1 Å². The highest BCUT2D eigenvalue weighted by molar-refractivity contribution is 6.30. The quantitative estimate of drug-likeness (QED) is 0.252. The van der Waals surface area contributed by atoms with E-state index in [1.165, 1.54) is 6.20 Å². The van der Waals surface area contributed by atoms with Gasteiger partial charge in [-0.2, -0.15) is 13.2 Å². The molecule has 3 heterocycles. The van der Waals surface area contributed by atoms with E-state index in [1.54, 1.807) is 38.1 Å². The van der Waals surface area contributed by atoms with Crippen molar-refractivity contribution >= 4 is 22.5 Å². The topological polar surface area (TPSA) is 67.4 Å². The summed E-state index contributed by atoms with van der Waals surface area (Å²) < 4.78 is 54.7. The van der Waals surface area contributed by atoms with Gasteiger partial charge in [-0.05, 0) is 41.2 Å². The molecule has 1 unspecified atom stereocenters. The summed E-state index contributed by atoms with van der Waals surface area (Å²) in [4.78, 5) is 7.23. The third-order valence-electron chi connectivity index (χ3n) is 6.99. The van der Waals surface area contributed by atoms with Crippen LogP contribution in [-0.4, -0.2) is 33.5 Å². The van der Waals surface area contributed by atoms with Gasteiger partial charge in [0.25, 0.3) is 0 Å². The zero-order valence-corrected chi connectivity index (χ0v) is 21.8. The van der Waals surface area contributed by atoms with Gasteiger partial charge in [0, 0.05) is 40.6 Å². The first-order valence-electron chi connectivity index (χ1n) is 12.3. The number of benzene rings is 2. The van der Waals surface area contributed by atoms with Crippen LogP contribution in [0.4, 0.5) is 13.2 Å². The number of alkyl halides is 3. The molecule has 2 aromatic heterocycles. The summed E-state index contributed by atoms with van der Waals surface area (Å²) in [6.45, 7) is 4.10. The molecule has 0 amide bonds. The number of aromatic amines is 1. The maximum absolute atomic E-state index is 14.4. The van der Waals surface area contributed by atoms with Gasteiger partial charge in [-0.15, -0.1) is 0 Å². The molecule has 2 N–H and O–H groups in total. The van der Waals surface area contributed by atoms with Gasteiger partial charge in [-0.25, -0.2) is 4.98 Å². The summed E-state index contributed by atoms with van der Waals surface area (Å²) in [5.41, 5.74) is -0.911. The van der Waals surface area contributed by atoms with Gasteiger partial charge in [-0.1, -0.05) is 55.8 Å². The second-order valence-electron chi connectivity index (χ2n) is 10.5. The Bertz CT molecular complexity index is 1450. The number of H-pyrrole nitrogens is 1. The fourth-order valence-corrected chi connectivity index (χ4v) is 5.39. The normalized spacial score (nSPS) is 15.2. The van der Waals surface area contributed by atoms with Gasteiger partial charge < -0.3 is 19.6 Å². The molecule has 200 valence electrons. The number of pyridine rings is 1. The maximum Gasteiger partial charge on any atom is 0.417 e. The van der Waals surface area contributed by atoms with Crippen LogP contribution < -0.4 is 9.47 Å². The first kappa shape index (κ1) is 26.4. The van der Waals surface area contributed by atoms with Crippen LogP contribution in [-0.2, 0) is 24.9 Å². The highest BCUT2D eigenvalue weighted by Crippen LogP contribution is 2.47. The maximum atomic E-state index is 14.4. The van der Waals surface area contributed by atoms with Crippen molar-refractivity contribution in [2.75, 3.05) is 6.61 Å². The van der Waals surface area contributed by atoms with Crippen LogP contribution in [0, 0.1) is 0 Å². The average molecular weight is 545 g/mol. The molecule has 0 saturated carbocycles. The zero-order chi connectivity index (χ0) is 27.1. The van der Waals surface area contributed by atoms with E-state index in [2.05, 4.69) is 9.97 Å². The second kappa shape index (κ2) is 9.82.